The molecule has 7 heavy (non-hydrogen) atoms. The van der Waals surface area contributed by atoms with Gasteiger partial charge in [0.15, 0.2) is 0 Å². The van der Waals surface area contributed by atoms with E-state index in [0.717, 1.165) is 0 Å². The van der Waals surface area contributed by atoms with Crippen LogP contribution in [0, 0.1) is 0 Å². The van der Waals surface area contributed by atoms with Crippen molar-refractivity contribution in [1.29, 1.82) is 0 Å². The Bertz CT molecular complexity index is 8.04. The van der Waals surface area contributed by atoms with E-state index in [1.165, 1.54) is 0 Å². The molecule has 0 aliphatic heterocycles. The molecular weight excluding hydrogens is 167 g/mol. The first-order chi connectivity index (χ1) is 0. The largest absolute Gasteiger partial charge is 4.00 e. The predicted molar refractivity (Wildman–Crippen MR) is 9.68 cm³/mol. The third-order valence-electron chi connectivity index (χ3n) is 0. The summed E-state index contributed by atoms with van der Waals surface area (Å²) in [6.07, 6.45) is 0. The van der Waals surface area contributed by atoms with Gasteiger partial charge < -0.3 is 27.4 Å². The molecule has 5 N–H and O–H groups in total. The van der Waals surface area contributed by atoms with Crippen molar-refractivity contribution in [3.63, 3.8) is 0 Å². The SMILES string of the molecule is [K+].[OH-].[OH-].[OH-].[OH-].[OH-].[Ti+4]. The van der Waals surface area contributed by atoms with E-state index in [9.17, 15) is 0 Å². The summed E-state index contributed by atoms with van der Waals surface area (Å²) in [6.45, 7) is 0. The fraction of sp³-hybridized carbons (Fsp3) is 0. The molecule has 40 valence electrons. The van der Waals surface area contributed by atoms with Gasteiger partial charge in [-0.25, -0.2) is 0 Å². The van der Waals surface area contributed by atoms with E-state index < -0.39 is 0 Å². The molecule has 5 nitrogen and oxygen atoms in total. The molecule has 0 rings (SSSR count). The Balaban J connectivity index is 0. The van der Waals surface area contributed by atoms with E-state index in [1.807, 2.05) is 0 Å². The van der Waals surface area contributed by atoms with Crippen LogP contribution in [0.25, 0.3) is 0 Å². The first kappa shape index (κ1) is 131. The summed E-state index contributed by atoms with van der Waals surface area (Å²) in [5.74, 6) is 0. The van der Waals surface area contributed by atoms with Crippen molar-refractivity contribution in [2.75, 3.05) is 0 Å². The van der Waals surface area contributed by atoms with Crippen LogP contribution in [0.1, 0.15) is 0 Å². The van der Waals surface area contributed by atoms with Gasteiger partial charge >= 0.3 is 73.1 Å². The van der Waals surface area contributed by atoms with E-state index in [1.54, 1.807) is 0 Å². The van der Waals surface area contributed by atoms with Gasteiger partial charge in [-0.1, -0.05) is 0 Å². The Morgan fingerprint density at radius 2 is 0.429 bits per heavy atom. The molecule has 0 heterocycles. The monoisotopic (exact) mass is 172 g/mol. The summed E-state index contributed by atoms with van der Waals surface area (Å²) in [4.78, 5) is 0. The van der Waals surface area contributed by atoms with Crippen molar-refractivity contribution in [3.8, 4) is 0 Å². The van der Waals surface area contributed by atoms with Crippen LogP contribution in [0.4, 0.5) is 0 Å². The zero-order valence-corrected chi connectivity index (χ0v) is 8.42. The second-order valence-corrected chi connectivity index (χ2v) is 0. The molecular formula is H5KO5Ti. The van der Waals surface area contributed by atoms with Gasteiger partial charge in [-0.05, 0) is 0 Å². The van der Waals surface area contributed by atoms with E-state index >= 15 is 0 Å². The van der Waals surface area contributed by atoms with Crippen LogP contribution in [-0.4, -0.2) is 27.4 Å². The van der Waals surface area contributed by atoms with Crippen LogP contribution in [0.15, 0.2) is 0 Å². The third-order valence-corrected chi connectivity index (χ3v) is 0. The Kier molecular flexibility index (Phi) is 1690. The zero-order chi connectivity index (χ0) is 0. The Morgan fingerprint density at radius 3 is 0.429 bits per heavy atom. The van der Waals surface area contributed by atoms with Crippen LogP contribution < -0.4 is 51.4 Å². The molecule has 0 fully saturated rings. The topological polar surface area (TPSA) is 150 Å². The van der Waals surface area contributed by atoms with Gasteiger partial charge in [-0.15, -0.1) is 0 Å². The van der Waals surface area contributed by atoms with Gasteiger partial charge in [0.1, 0.15) is 0 Å². The molecule has 0 atom stereocenters. The Morgan fingerprint density at radius 1 is 0.429 bits per heavy atom. The average molecular weight is 172 g/mol. The minimum absolute atomic E-state index is 0. The fourth-order valence-electron chi connectivity index (χ4n) is 0. The van der Waals surface area contributed by atoms with Gasteiger partial charge in [0.2, 0.25) is 0 Å². The summed E-state index contributed by atoms with van der Waals surface area (Å²) in [5.41, 5.74) is 0. The second-order valence-electron chi connectivity index (χ2n) is 0. The molecule has 0 bridgehead atoms. The Hall–Kier alpha value is 2.15. The van der Waals surface area contributed by atoms with Crippen LogP contribution >= 0.6 is 0 Å². The van der Waals surface area contributed by atoms with E-state index in [0.29, 0.717) is 0 Å². The normalized spacial score (nSPS) is 0. The van der Waals surface area contributed by atoms with Gasteiger partial charge in [-0.2, -0.15) is 0 Å². The van der Waals surface area contributed by atoms with E-state index in [4.69, 9.17) is 0 Å². The average Bonchev–Trinajstić information content (AvgIpc) is 0. The maximum Gasteiger partial charge on any atom is 4.00 e. The summed E-state index contributed by atoms with van der Waals surface area (Å²) in [6, 6.07) is 0. The van der Waals surface area contributed by atoms with E-state index in [2.05, 4.69) is 0 Å². The third kappa shape index (κ3) is 66.7. The standard InChI is InChI=1S/K.5H2O.Ti/h;5*1H2;/q+1;;;;;;+4/p-5. The molecule has 0 spiro atoms. The minimum atomic E-state index is 0. The van der Waals surface area contributed by atoms with Crippen molar-refractivity contribution in [3.05, 3.63) is 0 Å². The van der Waals surface area contributed by atoms with Crippen LogP contribution in [0.5, 0.6) is 0 Å². The molecule has 0 aromatic carbocycles. The minimum Gasteiger partial charge on any atom is -0.870 e. The number of hydrogen-bond donors (Lipinski definition) is 0. The molecule has 7 heteroatoms. The number of rotatable bonds is 0. The maximum atomic E-state index is 0. The molecule has 0 aromatic heterocycles. The van der Waals surface area contributed by atoms with Crippen molar-refractivity contribution in [2.45, 2.75) is 0 Å². The molecule has 0 saturated carbocycles. The predicted octanol–water partition coefficient (Wildman–Crippen LogP) is -3.88. The molecule has 0 aliphatic carbocycles. The first-order valence-electron chi connectivity index (χ1n) is 0. The summed E-state index contributed by atoms with van der Waals surface area (Å²) in [7, 11) is 0. The van der Waals surface area contributed by atoms with Crippen LogP contribution in [0.3, 0.4) is 0 Å². The van der Waals surface area contributed by atoms with Gasteiger partial charge in [0.05, 0.1) is 0 Å². The van der Waals surface area contributed by atoms with Crippen molar-refractivity contribution in [2.24, 2.45) is 0 Å². The van der Waals surface area contributed by atoms with Gasteiger partial charge in [-0.3, -0.25) is 0 Å². The van der Waals surface area contributed by atoms with Crippen LogP contribution in [-0.2, 0) is 21.7 Å². The van der Waals surface area contributed by atoms with Crippen molar-refractivity contribution < 1.29 is 100 Å². The van der Waals surface area contributed by atoms with Gasteiger partial charge in [0.25, 0.3) is 0 Å². The molecule has 0 unspecified atom stereocenters. The number of hydrogen-bond acceptors (Lipinski definition) is 5. The summed E-state index contributed by atoms with van der Waals surface area (Å²) in [5, 5.41) is 0. The quantitative estimate of drug-likeness (QED) is 0.342. The fourth-order valence-corrected chi connectivity index (χ4v) is 0. The smallest absolute Gasteiger partial charge is 0.870 e. The molecule has 0 aliphatic rings. The van der Waals surface area contributed by atoms with E-state index in [-0.39, 0.29) is 100 Å². The summed E-state index contributed by atoms with van der Waals surface area (Å²) < 4.78 is 0. The van der Waals surface area contributed by atoms with Crippen LogP contribution in [0.2, 0.25) is 0 Å². The maximum absolute atomic E-state index is 0. The first-order valence-corrected chi connectivity index (χ1v) is 0. The second kappa shape index (κ2) is 90.1. The molecule has 0 aromatic rings. The molecule has 0 saturated heterocycles. The molecule has 0 amide bonds. The Labute approximate surface area is 98.7 Å². The van der Waals surface area contributed by atoms with Crippen molar-refractivity contribution >= 4 is 0 Å². The molecule has 0 radical (unpaired) electrons. The van der Waals surface area contributed by atoms with Crippen molar-refractivity contribution in [1.82, 2.24) is 0 Å². The zero-order valence-electron chi connectivity index (χ0n) is 3.74. The summed E-state index contributed by atoms with van der Waals surface area (Å²) >= 11 is 0. The van der Waals surface area contributed by atoms with Gasteiger partial charge in [0, 0.05) is 0 Å².